The van der Waals surface area contributed by atoms with Crippen LogP contribution in [0.1, 0.15) is 11.1 Å². The molecule has 2 aromatic rings. The third-order valence-electron chi connectivity index (χ3n) is 2.12. The summed E-state index contributed by atoms with van der Waals surface area (Å²) in [4.78, 5) is 0. The lowest BCUT2D eigenvalue weighted by molar-refractivity contribution is 0.304. The van der Waals surface area contributed by atoms with Gasteiger partial charge in [0.1, 0.15) is 12.4 Å². The van der Waals surface area contributed by atoms with E-state index in [1.54, 1.807) is 11.3 Å². The zero-order valence-corrected chi connectivity index (χ0v) is 9.94. The van der Waals surface area contributed by atoms with Crippen LogP contribution in [0.3, 0.4) is 0 Å². The Morgan fingerprint density at radius 2 is 2.20 bits per heavy atom. The first-order chi connectivity index (χ1) is 7.25. The van der Waals surface area contributed by atoms with Gasteiger partial charge in [-0.2, -0.15) is 11.3 Å². The van der Waals surface area contributed by atoms with E-state index in [4.69, 9.17) is 16.3 Å². The molecule has 0 atom stereocenters. The minimum Gasteiger partial charge on any atom is -0.489 e. The molecule has 78 valence electrons. The minimum absolute atomic E-state index is 0.602. The Labute approximate surface area is 98.3 Å². The monoisotopic (exact) mass is 238 g/mol. The Morgan fingerprint density at radius 3 is 2.93 bits per heavy atom. The van der Waals surface area contributed by atoms with Crippen molar-refractivity contribution in [1.82, 2.24) is 0 Å². The van der Waals surface area contributed by atoms with E-state index in [0.717, 1.165) is 11.3 Å². The van der Waals surface area contributed by atoms with Gasteiger partial charge in [0.2, 0.25) is 0 Å². The highest BCUT2D eigenvalue weighted by Gasteiger charge is 2.01. The summed E-state index contributed by atoms with van der Waals surface area (Å²) < 4.78 is 5.68. The van der Waals surface area contributed by atoms with Gasteiger partial charge in [-0.25, -0.2) is 0 Å². The number of thiophene rings is 1. The van der Waals surface area contributed by atoms with Gasteiger partial charge in [0.15, 0.2) is 0 Å². The molecule has 0 aliphatic heterocycles. The molecule has 0 saturated heterocycles. The molecule has 0 aliphatic carbocycles. The van der Waals surface area contributed by atoms with Crippen molar-refractivity contribution < 1.29 is 4.74 Å². The van der Waals surface area contributed by atoms with Gasteiger partial charge in [-0.1, -0.05) is 17.7 Å². The van der Waals surface area contributed by atoms with Crippen LogP contribution in [0.5, 0.6) is 5.75 Å². The maximum absolute atomic E-state index is 5.90. The molecule has 0 aliphatic rings. The van der Waals surface area contributed by atoms with E-state index >= 15 is 0 Å². The molecule has 0 radical (unpaired) electrons. The number of hydrogen-bond donors (Lipinski definition) is 0. The number of benzene rings is 1. The van der Waals surface area contributed by atoms with Crippen LogP contribution in [0, 0.1) is 6.92 Å². The highest BCUT2D eigenvalue weighted by molar-refractivity contribution is 7.07. The van der Waals surface area contributed by atoms with Gasteiger partial charge >= 0.3 is 0 Å². The highest BCUT2D eigenvalue weighted by atomic mass is 35.5. The Hall–Kier alpha value is -0.990. The first kappa shape index (κ1) is 10.5. The molecule has 0 bridgehead atoms. The summed E-state index contributed by atoms with van der Waals surface area (Å²) in [5, 5.41) is 4.84. The molecule has 1 heterocycles. The van der Waals surface area contributed by atoms with E-state index in [-0.39, 0.29) is 0 Å². The van der Waals surface area contributed by atoms with E-state index in [0.29, 0.717) is 11.6 Å². The summed E-state index contributed by atoms with van der Waals surface area (Å²) in [6.45, 7) is 2.62. The van der Waals surface area contributed by atoms with Gasteiger partial charge in [-0.3, -0.25) is 0 Å². The van der Waals surface area contributed by atoms with E-state index in [9.17, 15) is 0 Å². The predicted molar refractivity (Wildman–Crippen MR) is 64.8 cm³/mol. The topological polar surface area (TPSA) is 9.23 Å². The first-order valence-electron chi connectivity index (χ1n) is 4.66. The molecule has 0 fully saturated rings. The van der Waals surface area contributed by atoms with E-state index < -0.39 is 0 Å². The molecule has 15 heavy (non-hydrogen) atoms. The predicted octanol–water partition coefficient (Wildman–Crippen LogP) is 4.29. The lowest BCUT2D eigenvalue weighted by Crippen LogP contribution is -1.95. The van der Waals surface area contributed by atoms with Crippen molar-refractivity contribution in [2.75, 3.05) is 0 Å². The van der Waals surface area contributed by atoms with Crippen LogP contribution >= 0.6 is 22.9 Å². The summed E-state index contributed by atoms with van der Waals surface area (Å²) in [5.41, 5.74) is 2.30. The molecule has 0 spiro atoms. The molecule has 1 aromatic heterocycles. The van der Waals surface area contributed by atoms with Crippen molar-refractivity contribution in [3.05, 3.63) is 51.2 Å². The summed E-state index contributed by atoms with van der Waals surface area (Å²) >= 11 is 7.58. The SMILES string of the molecule is Cc1ccc(Cl)cc1OCc1ccsc1. The summed E-state index contributed by atoms with van der Waals surface area (Å²) in [7, 11) is 0. The van der Waals surface area contributed by atoms with Crippen LogP contribution in [0.2, 0.25) is 5.02 Å². The zero-order chi connectivity index (χ0) is 10.7. The Bertz CT molecular complexity index is 437. The Morgan fingerprint density at radius 1 is 1.33 bits per heavy atom. The van der Waals surface area contributed by atoms with E-state index in [1.165, 1.54) is 5.56 Å². The second-order valence-corrected chi connectivity index (χ2v) is 4.55. The van der Waals surface area contributed by atoms with Gasteiger partial charge in [0.05, 0.1) is 0 Å². The second-order valence-electron chi connectivity index (χ2n) is 3.33. The fraction of sp³-hybridized carbons (Fsp3) is 0.167. The van der Waals surface area contributed by atoms with Crippen LogP contribution in [0.25, 0.3) is 0 Å². The maximum atomic E-state index is 5.90. The molecule has 0 N–H and O–H groups in total. The number of hydrogen-bond acceptors (Lipinski definition) is 2. The fourth-order valence-electron chi connectivity index (χ4n) is 1.27. The molecule has 2 rings (SSSR count). The third-order valence-corrected chi connectivity index (χ3v) is 3.09. The lowest BCUT2D eigenvalue weighted by Gasteiger charge is -2.08. The van der Waals surface area contributed by atoms with Crippen LogP contribution in [0.4, 0.5) is 0 Å². The van der Waals surface area contributed by atoms with Crippen LogP contribution in [0.15, 0.2) is 35.0 Å². The van der Waals surface area contributed by atoms with E-state index in [2.05, 4.69) is 11.4 Å². The van der Waals surface area contributed by atoms with Crippen molar-refractivity contribution >= 4 is 22.9 Å². The van der Waals surface area contributed by atoms with Gasteiger partial charge in [-0.05, 0) is 47.0 Å². The first-order valence-corrected chi connectivity index (χ1v) is 5.98. The summed E-state index contributed by atoms with van der Waals surface area (Å²) in [6.07, 6.45) is 0. The molecule has 0 amide bonds. The largest absolute Gasteiger partial charge is 0.489 e. The second kappa shape index (κ2) is 4.69. The molecule has 1 aromatic carbocycles. The molecule has 3 heteroatoms. The number of halogens is 1. The molecule has 1 nitrogen and oxygen atoms in total. The standard InChI is InChI=1S/C12H11ClOS/c1-9-2-3-11(13)6-12(9)14-7-10-4-5-15-8-10/h2-6,8H,7H2,1H3. The third kappa shape index (κ3) is 2.74. The van der Waals surface area contributed by atoms with Crippen LogP contribution in [-0.2, 0) is 6.61 Å². The minimum atomic E-state index is 0.602. The van der Waals surface area contributed by atoms with Gasteiger partial charge in [0, 0.05) is 5.02 Å². The quantitative estimate of drug-likeness (QED) is 0.775. The van der Waals surface area contributed by atoms with Gasteiger partial charge in [0.25, 0.3) is 0 Å². The van der Waals surface area contributed by atoms with Crippen molar-refractivity contribution in [3.8, 4) is 5.75 Å². The molecular formula is C12H11ClOS. The zero-order valence-electron chi connectivity index (χ0n) is 8.37. The number of ether oxygens (including phenoxy) is 1. The molecule has 0 saturated carbocycles. The maximum Gasteiger partial charge on any atom is 0.124 e. The fourth-order valence-corrected chi connectivity index (χ4v) is 2.08. The normalized spacial score (nSPS) is 10.3. The lowest BCUT2D eigenvalue weighted by atomic mass is 10.2. The average molecular weight is 239 g/mol. The van der Waals surface area contributed by atoms with Crippen LogP contribution in [-0.4, -0.2) is 0 Å². The summed E-state index contributed by atoms with van der Waals surface area (Å²) in [5.74, 6) is 0.855. The van der Waals surface area contributed by atoms with Crippen molar-refractivity contribution in [3.63, 3.8) is 0 Å². The van der Waals surface area contributed by atoms with E-state index in [1.807, 2.05) is 30.5 Å². The van der Waals surface area contributed by atoms with Gasteiger partial charge < -0.3 is 4.74 Å². The molecular weight excluding hydrogens is 228 g/mol. The smallest absolute Gasteiger partial charge is 0.124 e. The van der Waals surface area contributed by atoms with Crippen LogP contribution < -0.4 is 4.74 Å². The van der Waals surface area contributed by atoms with Crippen molar-refractivity contribution in [2.45, 2.75) is 13.5 Å². The van der Waals surface area contributed by atoms with Crippen molar-refractivity contribution in [1.29, 1.82) is 0 Å². The Balaban J connectivity index is 2.07. The highest BCUT2D eigenvalue weighted by Crippen LogP contribution is 2.23. The van der Waals surface area contributed by atoms with Gasteiger partial charge in [-0.15, -0.1) is 0 Å². The van der Waals surface area contributed by atoms with Crippen molar-refractivity contribution in [2.24, 2.45) is 0 Å². The Kier molecular flexibility index (Phi) is 3.29. The molecule has 0 unspecified atom stereocenters. The summed E-state index contributed by atoms with van der Waals surface area (Å²) in [6, 6.07) is 7.74. The average Bonchev–Trinajstić information content (AvgIpc) is 2.72. The number of aryl methyl sites for hydroxylation is 1. The number of rotatable bonds is 3.